The zero-order chi connectivity index (χ0) is 16.4. The molecule has 3 heterocycles. The normalized spacial score (nSPS) is 11.0. The fraction of sp³-hybridized carbons (Fsp3) is 0.0714. The molecule has 0 saturated carbocycles. The molecule has 0 spiro atoms. The van der Waals surface area contributed by atoms with Crippen molar-refractivity contribution < 1.29 is 4.42 Å². The van der Waals surface area contributed by atoms with Crippen molar-refractivity contribution >= 4 is 34.7 Å². The van der Waals surface area contributed by atoms with Gasteiger partial charge in [0.05, 0.1) is 20.7 Å². The maximum Gasteiger partial charge on any atom is 0.257 e. The number of thiophene rings is 1. The summed E-state index contributed by atoms with van der Waals surface area (Å²) in [5.74, 6) is 1.44. The van der Waals surface area contributed by atoms with E-state index in [9.17, 15) is 0 Å². The molecule has 4 aromatic rings. The van der Waals surface area contributed by atoms with Crippen LogP contribution in [0.5, 0.6) is 0 Å². The Bertz CT molecular complexity index is 951. The molecule has 0 fully saturated rings. The molecule has 0 N–H and O–H groups in total. The van der Waals surface area contributed by atoms with Gasteiger partial charge < -0.3 is 4.42 Å². The third-order valence-electron chi connectivity index (χ3n) is 3.02. The summed E-state index contributed by atoms with van der Waals surface area (Å²) >= 11 is 8.74. The fourth-order valence-corrected chi connectivity index (χ4v) is 3.66. The molecule has 0 radical (unpaired) electrons. The lowest BCUT2D eigenvalue weighted by Gasteiger charge is -2.02. The van der Waals surface area contributed by atoms with Crippen molar-refractivity contribution in [3.8, 4) is 16.5 Å². The van der Waals surface area contributed by atoms with Crippen LogP contribution < -0.4 is 0 Å². The van der Waals surface area contributed by atoms with Gasteiger partial charge in [-0.25, -0.2) is 0 Å². The molecule has 4 rings (SSSR count). The van der Waals surface area contributed by atoms with Crippen molar-refractivity contribution in [3.05, 3.63) is 52.7 Å². The third-order valence-corrected chi connectivity index (χ3v) is 5.14. The largest absolute Gasteiger partial charge is 0.419 e. The second kappa shape index (κ2) is 6.71. The highest BCUT2D eigenvalue weighted by atomic mass is 35.5. The summed E-state index contributed by atoms with van der Waals surface area (Å²) < 4.78 is 8.01. The summed E-state index contributed by atoms with van der Waals surface area (Å²) in [5, 5.41) is 20.5. The Kier molecular flexibility index (Phi) is 4.28. The number of thioether (sulfide) groups is 1. The molecule has 7 nitrogen and oxygen atoms in total. The molecule has 0 saturated heterocycles. The summed E-state index contributed by atoms with van der Waals surface area (Å²) in [7, 11) is 0. The van der Waals surface area contributed by atoms with Crippen LogP contribution in [-0.2, 0) is 5.75 Å². The molecule has 3 aromatic heterocycles. The molecule has 0 amide bonds. The molecule has 0 unspecified atom stereocenters. The number of halogens is 1. The first-order valence-electron chi connectivity index (χ1n) is 6.84. The lowest BCUT2D eigenvalue weighted by Crippen LogP contribution is -1.98. The molecule has 0 aliphatic heterocycles. The average Bonchev–Trinajstić information content (AvgIpc) is 3.34. The van der Waals surface area contributed by atoms with Gasteiger partial charge in [-0.15, -0.1) is 26.6 Å². The van der Waals surface area contributed by atoms with E-state index in [2.05, 4.69) is 25.7 Å². The topological polar surface area (TPSA) is 82.5 Å². The van der Waals surface area contributed by atoms with Crippen LogP contribution in [0.15, 0.2) is 52.0 Å². The maximum absolute atomic E-state index is 5.92. The molecule has 0 aliphatic rings. The quantitative estimate of drug-likeness (QED) is 0.491. The van der Waals surface area contributed by atoms with Crippen molar-refractivity contribution in [1.82, 2.24) is 30.4 Å². The molecular weight excluding hydrogens is 368 g/mol. The minimum Gasteiger partial charge on any atom is -0.419 e. The first-order chi connectivity index (χ1) is 11.8. The van der Waals surface area contributed by atoms with E-state index < -0.39 is 0 Å². The Balaban J connectivity index is 1.49. The third kappa shape index (κ3) is 3.18. The van der Waals surface area contributed by atoms with Crippen molar-refractivity contribution in [2.24, 2.45) is 0 Å². The average molecular weight is 377 g/mol. The monoisotopic (exact) mass is 376 g/mol. The van der Waals surface area contributed by atoms with Crippen LogP contribution >= 0.6 is 34.7 Å². The smallest absolute Gasteiger partial charge is 0.257 e. The number of benzene rings is 1. The van der Waals surface area contributed by atoms with Crippen molar-refractivity contribution in [1.29, 1.82) is 0 Å². The minimum atomic E-state index is 0.463. The summed E-state index contributed by atoms with van der Waals surface area (Å²) in [6, 6.07) is 13.3. The first-order valence-corrected chi connectivity index (χ1v) is 9.02. The van der Waals surface area contributed by atoms with Crippen molar-refractivity contribution in [3.63, 3.8) is 0 Å². The highest BCUT2D eigenvalue weighted by Crippen LogP contribution is 2.31. The number of hydrogen-bond donors (Lipinski definition) is 0. The molecule has 10 heteroatoms. The maximum atomic E-state index is 5.92. The van der Waals surface area contributed by atoms with E-state index in [-0.39, 0.29) is 0 Å². The van der Waals surface area contributed by atoms with Gasteiger partial charge >= 0.3 is 0 Å². The number of nitrogens with zero attached hydrogens (tertiary/aromatic N) is 6. The standard InChI is InChI=1S/C14H9ClN6OS2/c15-11-7-6-10(24-11)13-17-16-12(22-13)8-23-14-18-19-20-21(14)9-4-2-1-3-5-9/h1-7H,8H2. The van der Waals surface area contributed by atoms with Gasteiger partial charge in [-0.1, -0.05) is 41.6 Å². The van der Waals surface area contributed by atoms with E-state index in [0.29, 0.717) is 27.0 Å². The number of hydrogen-bond acceptors (Lipinski definition) is 8. The van der Waals surface area contributed by atoms with E-state index in [1.165, 1.54) is 23.1 Å². The molecule has 1 aromatic carbocycles. The summed E-state index contributed by atoms with van der Waals surface area (Å²) in [4.78, 5) is 0.845. The van der Waals surface area contributed by atoms with Crippen LogP contribution in [0.2, 0.25) is 4.34 Å². The lowest BCUT2D eigenvalue weighted by molar-refractivity contribution is 0.529. The minimum absolute atomic E-state index is 0.463. The molecule has 0 bridgehead atoms. The van der Waals surface area contributed by atoms with E-state index in [0.717, 1.165) is 10.6 Å². The molecule has 0 aliphatic carbocycles. The molecule has 120 valence electrons. The second-order valence-electron chi connectivity index (χ2n) is 4.60. The molecule has 0 atom stereocenters. The number of para-hydroxylation sites is 1. The SMILES string of the molecule is Clc1ccc(-c2nnc(CSc3nnnn3-c3ccccc3)o2)s1. The zero-order valence-electron chi connectivity index (χ0n) is 12.0. The van der Waals surface area contributed by atoms with Gasteiger partial charge in [0, 0.05) is 0 Å². The zero-order valence-corrected chi connectivity index (χ0v) is 14.4. The van der Waals surface area contributed by atoms with E-state index >= 15 is 0 Å². The van der Waals surface area contributed by atoms with Crippen molar-refractivity contribution in [2.75, 3.05) is 0 Å². The highest BCUT2D eigenvalue weighted by Gasteiger charge is 2.14. The lowest BCUT2D eigenvalue weighted by atomic mass is 10.3. The Hall–Kier alpha value is -2.23. The van der Waals surface area contributed by atoms with E-state index in [4.69, 9.17) is 16.0 Å². The molecule has 24 heavy (non-hydrogen) atoms. The Labute approximate surface area is 149 Å². The van der Waals surface area contributed by atoms with Crippen LogP contribution in [0, 0.1) is 0 Å². The number of aromatic nitrogens is 6. The number of rotatable bonds is 5. The van der Waals surface area contributed by atoms with Crippen LogP contribution in [0.1, 0.15) is 5.89 Å². The van der Waals surface area contributed by atoms with Crippen molar-refractivity contribution in [2.45, 2.75) is 10.9 Å². The fourth-order valence-electron chi connectivity index (χ4n) is 1.97. The molecular formula is C14H9ClN6OS2. The van der Waals surface area contributed by atoms with Crippen LogP contribution in [-0.4, -0.2) is 30.4 Å². The Morgan fingerprint density at radius 2 is 1.96 bits per heavy atom. The van der Waals surface area contributed by atoms with E-state index in [1.807, 2.05) is 36.4 Å². The second-order valence-corrected chi connectivity index (χ2v) is 7.26. The van der Waals surface area contributed by atoms with E-state index in [1.54, 1.807) is 10.7 Å². The summed E-state index contributed by atoms with van der Waals surface area (Å²) in [5.41, 5.74) is 0.893. The summed E-state index contributed by atoms with van der Waals surface area (Å²) in [6.45, 7) is 0. The predicted molar refractivity (Wildman–Crippen MR) is 91.3 cm³/mol. The van der Waals surface area contributed by atoms with Gasteiger partial charge in [0.15, 0.2) is 0 Å². The Morgan fingerprint density at radius 1 is 1.08 bits per heavy atom. The summed E-state index contributed by atoms with van der Waals surface area (Å²) in [6.07, 6.45) is 0. The van der Waals surface area contributed by atoms with Crippen LogP contribution in [0.3, 0.4) is 0 Å². The van der Waals surface area contributed by atoms with Gasteiger partial charge in [0.25, 0.3) is 5.89 Å². The van der Waals surface area contributed by atoms with Crippen LogP contribution in [0.25, 0.3) is 16.5 Å². The Morgan fingerprint density at radius 3 is 2.75 bits per heavy atom. The van der Waals surface area contributed by atoms with Crippen LogP contribution in [0.4, 0.5) is 0 Å². The first kappa shape index (κ1) is 15.3. The van der Waals surface area contributed by atoms with Gasteiger partial charge in [-0.3, -0.25) is 0 Å². The van der Waals surface area contributed by atoms with Gasteiger partial charge in [0.2, 0.25) is 11.0 Å². The van der Waals surface area contributed by atoms with Gasteiger partial charge in [0.1, 0.15) is 0 Å². The highest BCUT2D eigenvalue weighted by molar-refractivity contribution is 7.98. The van der Waals surface area contributed by atoms with Gasteiger partial charge in [-0.2, -0.15) is 4.68 Å². The predicted octanol–water partition coefficient (Wildman–Crippen LogP) is 3.72. The van der Waals surface area contributed by atoms with Gasteiger partial charge in [-0.05, 0) is 34.7 Å². The number of tetrazole rings is 1.